The van der Waals surface area contributed by atoms with Crippen LogP contribution in [0.4, 0.5) is 0 Å². The van der Waals surface area contributed by atoms with Crippen molar-refractivity contribution in [3.63, 3.8) is 0 Å². The average molecular weight is 340 g/mol. The zero-order valence-corrected chi connectivity index (χ0v) is 13.0. The third kappa shape index (κ3) is 3.56. The van der Waals surface area contributed by atoms with Crippen LogP contribution in [0.25, 0.3) is 0 Å². The molecule has 0 aliphatic carbocycles. The molecule has 2 rings (SSSR count). The number of amides is 2. The van der Waals surface area contributed by atoms with Crippen LogP contribution in [0.1, 0.15) is 36.7 Å². The fraction of sp³-hybridized carbons (Fsp3) is 0.500. The Balaban J connectivity index is 1.97. The molecule has 1 fully saturated rings. The van der Waals surface area contributed by atoms with Crippen LogP contribution in [0, 0.1) is 0 Å². The van der Waals surface area contributed by atoms with E-state index in [1.54, 1.807) is 25.3 Å². The van der Waals surface area contributed by atoms with E-state index in [0.29, 0.717) is 10.2 Å². The fourth-order valence-electron chi connectivity index (χ4n) is 2.27. The second kappa shape index (κ2) is 6.83. The molecule has 1 aliphatic heterocycles. The van der Waals surface area contributed by atoms with Gasteiger partial charge in [0.05, 0.1) is 0 Å². The number of carbonyl (C=O) groups is 2. The SMILES string of the molecule is CC(NC(=O)c1ncccc1Br)C(=O)N1CCCCC1. The second-order valence-corrected chi connectivity index (χ2v) is 5.77. The molecule has 1 unspecified atom stereocenters. The number of hydrogen-bond acceptors (Lipinski definition) is 3. The summed E-state index contributed by atoms with van der Waals surface area (Å²) in [5, 5.41) is 2.71. The Labute approximate surface area is 126 Å². The Hall–Kier alpha value is -1.43. The molecule has 0 spiro atoms. The minimum absolute atomic E-state index is 0.0231. The number of hydrogen-bond donors (Lipinski definition) is 1. The summed E-state index contributed by atoms with van der Waals surface area (Å²) in [4.78, 5) is 30.2. The molecule has 6 heteroatoms. The summed E-state index contributed by atoms with van der Waals surface area (Å²) in [7, 11) is 0. The maximum atomic E-state index is 12.2. The van der Waals surface area contributed by atoms with E-state index in [9.17, 15) is 9.59 Å². The Morgan fingerprint density at radius 2 is 2.05 bits per heavy atom. The molecule has 0 aromatic carbocycles. The lowest BCUT2D eigenvalue weighted by Gasteiger charge is -2.29. The summed E-state index contributed by atoms with van der Waals surface area (Å²) in [6.07, 6.45) is 4.80. The lowest BCUT2D eigenvalue weighted by atomic mass is 10.1. The van der Waals surface area contributed by atoms with Crippen LogP contribution in [0.2, 0.25) is 0 Å². The molecule has 108 valence electrons. The lowest BCUT2D eigenvalue weighted by molar-refractivity contribution is -0.133. The van der Waals surface area contributed by atoms with Gasteiger partial charge in [0.15, 0.2) is 0 Å². The van der Waals surface area contributed by atoms with Crippen molar-refractivity contribution >= 4 is 27.7 Å². The standard InChI is InChI=1S/C14H18BrN3O2/c1-10(14(20)18-8-3-2-4-9-18)17-13(19)12-11(15)6-5-7-16-12/h5-7,10H,2-4,8-9H2,1H3,(H,17,19). The van der Waals surface area contributed by atoms with Crippen molar-refractivity contribution in [2.75, 3.05) is 13.1 Å². The first kappa shape index (κ1) is 15.0. The van der Waals surface area contributed by atoms with Gasteiger partial charge in [-0.3, -0.25) is 9.59 Å². The van der Waals surface area contributed by atoms with E-state index in [2.05, 4.69) is 26.2 Å². The number of likely N-dealkylation sites (tertiary alicyclic amines) is 1. The predicted molar refractivity (Wildman–Crippen MR) is 79.3 cm³/mol. The van der Waals surface area contributed by atoms with Gasteiger partial charge in [0, 0.05) is 23.8 Å². The van der Waals surface area contributed by atoms with Crippen molar-refractivity contribution in [3.05, 3.63) is 28.5 Å². The van der Waals surface area contributed by atoms with Crippen molar-refractivity contribution in [1.29, 1.82) is 0 Å². The van der Waals surface area contributed by atoms with Gasteiger partial charge < -0.3 is 10.2 Å². The molecule has 1 saturated heterocycles. The van der Waals surface area contributed by atoms with Crippen LogP contribution in [0.5, 0.6) is 0 Å². The van der Waals surface area contributed by atoms with Gasteiger partial charge in [0.25, 0.3) is 5.91 Å². The minimum atomic E-state index is -0.533. The van der Waals surface area contributed by atoms with E-state index >= 15 is 0 Å². The number of aromatic nitrogens is 1. The summed E-state index contributed by atoms with van der Waals surface area (Å²) in [6, 6.07) is 2.96. The Kier molecular flexibility index (Phi) is 5.11. The quantitative estimate of drug-likeness (QED) is 0.915. The van der Waals surface area contributed by atoms with Gasteiger partial charge in [0.2, 0.25) is 5.91 Å². The maximum Gasteiger partial charge on any atom is 0.271 e. The highest BCUT2D eigenvalue weighted by Crippen LogP contribution is 2.14. The van der Waals surface area contributed by atoms with Crippen LogP contribution in [-0.4, -0.2) is 40.8 Å². The molecule has 0 radical (unpaired) electrons. The lowest BCUT2D eigenvalue weighted by Crippen LogP contribution is -2.48. The van der Waals surface area contributed by atoms with Crippen molar-refractivity contribution in [2.45, 2.75) is 32.2 Å². The molecule has 1 atom stereocenters. The molecule has 1 aromatic rings. The molecule has 0 saturated carbocycles. The first-order chi connectivity index (χ1) is 9.59. The third-order valence-corrected chi connectivity index (χ3v) is 4.00. The minimum Gasteiger partial charge on any atom is -0.341 e. The van der Waals surface area contributed by atoms with E-state index in [4.69, 9.17) is 0 Å². The molecule has 5 nitrogen and oxygen atoms in total. The van der Waals surface area contributed by atoms with Crippen molar-refractivity contribution in [1.82, 2.24) is 15.2 Å². The Morgan fingerprint density at radius 1 is 1.35 bits per heavy atom. The van der Waals surface area contributed by atoms with Gasteiger partial charge in [-0.1, -0.05) is 0 Å². The molecule has 2 amide bonds. The molecule has 20 heavy (non-hydrogen) atoms. The summed E-state index contributed by atoms with van der Waals surface area (Å²) in [5.74, 6) is -0.361. The average Bonchev–Trinajstić information content (AvgIpc) is 2.47. The maximum absolute atomic E-state index is 12.2. The molecule has 1 aliphatic rings. The Morgan fingerprint density at radius 3 is 2.70 bits per heavy atom. The summed E-state index contributed by atoms with van der Waals surface area (Å²) >= 11 is 3.28. The predicted octanol–water partition coefficient (Wildman–Crippen LogP) is 1.97. The summed E-state index contributed by atoms with van der Waals surface area (Å²) < 4.78 is 0.620. The van der Waals surface area contributed by atoms with Crippen LogP contribution < -0.4 is 5.32 Å². The van der Waals surface area contributed by atoms with E-state index in [0.717, 1.165) is 25.9 Å². The monoisotopic (exact) mass is 339 g/mol. The summed E-state index contributed by atoms with van der Waals surface area (Å²) in [6.45, 7) is 3.28. The summed E-state index contributed by atoms with van der Waals surface area (Å²) in [5.41, 5.74) is 0.297. The highest BCUT2D eigenvalue weighted by Gasteiger charge is 2.24. The number of halogens is 1. The van der Waals surface area contributed by atoms with Gasteiger partial charge in [-0.15, -0.1) is 0 Å². The van der Waals surface area contributed by atoms with Crippen molar-refractivity contribution < 1.29 is 9.59 Å². The van der Waals surface area contributed by atoms with Gasteiger partial charge in [0.1, 0.15) is 11.7 Å². The number of pyridine rings is 1. The normalized spacial score (nSPS) is 16.6. The van der Waals surface area contributed by atoms with Crippen LogP contribution in [-0.2, 0) is 4.79 Å². The van der Waals surface area contributed by atoms with E-state index in [1.165, 1.54) is 6.42 Å². The number of nitrogens with zero attached hydrogens (tertiary/aromatic N) is 2. The molecule has 0 bridgehead atoms. The number of rotatable bonds is 3. The van der Waals surface area contributed by atoms with Gasteiger partial charge in [-0.25, -0.2) is 4.98 Å². The highest BCUT2D eigenvalue weighted by atomic mass is 79.9. The zero-order valence-electron chi connectivity index (χ0n) is 11.4. The highest BCUT2D eigenvalue weighted by molar-refractivity contribution is 9.10. The van der Waals surface area contributed by atoms with E-state index in [-0.39, 0.29) is 11.8 Å². The van der Waals surface area contributed by atoms with Gasteiger partial charge >= 0.3 is 0 Å². The number of piperidine rings is 1. The molecular weight excluding hydrogens is 322 g/mol. The van der Waals surface area contributed by atoms with Crippen LogP contribution in [0.3, 0.4) is 0 Å². The van der Waals surface area contributed by atoms with Crippen LogP contribution >= 0.6 is 15.9 Å². The number of carbonyl (C=O) groups excluding carboxylic acids is 2. The molecule has 2 heterocycles. The fourth-order valence-corrected chi connectivity index (χ4v) is 2.70. The topological polar surface area (TPSA) is 62.3 Å². The smallest absolute Gasteiger partial charge is 0.271 e. The molecule has 1 aromatic heterocycles. The third-order valence-electron chi connectivity index (χ3n) is 3.36. The van der Waals surface area contributed by atoms with Crippen molar-refractivity contribution in [2.24, 2.45) is 0 Å². The van der Waals surface area contributed by atoms with E-state index in [1.807, 2.05) is 4.90 Å². The first-order valence-electron chi connectivity index (χ1n) is 6.80. The largest absolute Gasteiger partial charge is 0.341 e. The van der Waals surface area contributed by atoms with Gasteiger partial charge in [-0.05, 0) is 54.2 Å². The first-order valence-corrected chi connectivity index (χ1v) is 7.59. The molecule has 1 N–H and O–H groups in total. The van der Waals surface area contributed by atoms with E-state index < -0.39 is 6.04 Å². The van der Waals surface area contributed by atoms with Crippen molar-refractivity contribution in [3.8, 4) is 0 Å². The molecular formula is C14H18BrN3O2. The Bertz CT molecular complexity index is 501. The van der Waals surface area contributed by atoms with Crippen LogP contribution in [0.15, 0.2) is 22.8 Å². The van der Waals surface area contributed by atoms with Gasteiger partial charge in [-0.2, -0.15) is 0 Å². The number of nitrogens with one attached hydrogen (secondary N) is 1. The zero-order chi connectivity index (χ0) is 14.5. The second-order valence-electron chi connectivity index (χ2n) is 4.91.